The summed E-state index contributed by atoms with van der Waals surface area (Å²) >= 11 is 5.98. The summed E-state index contributed by atoms with van der Waals surface area (Å²) in [6, 6.07) is 4.64. The van der Waals surface area contributed by atoms with Crippen molar-refractivity contribution in [3.8, 4) is 0 Å². The molecule has 0 radical (unpaired) electrons. The molecular formula is C14H20ClN3O3S. The second-order valence-electron chi connectivity index (χ2n) is 5.48. The lowest BCUT2D eigenvalue weighted by atomic mass is 10.2. The molecule has 1 heterocycles. The summed E-state index contributed by atoms with van der Waals surface area (Å²) < 4.78 is 22.9. The van der Waals surface area contributed by atoms with Gasteiger partial charge >= 0.3 is 0 Å². The topological polar surface area (TPSA) is 83.7 Å². The first-order valence-corrected chi connectivity index (χ1v) is 8.98. The van der Waals surface area contributed by atoms with Crippen LogP contribution in [-0.2, 0) is 21.4 Å². The van der Waals surface area contributed by atoms with E-state index < -0.39 is 10.0 Å². The lowest BCUT2D eigenvalue weighted by Crippen LogP contribution is -2.33. The summed E-state index contributed by atoms with van der Waals surface area (Å²) in [6.07, 6.45) is 0.891. The Morgan fingerprint density at radius 2 is 1.95 bits per heavy atom. The third-order valence-corrected chi connectivity index (χ3v) is 4.81. The maximum absolute atomic E-state index is 11.5. The number of benzene rings is 1. The lowest BCUT2D eigenvalue weighted by Gasteiger charge is -2.21. The molecule has 1 aliphatic rings. The fourth-order valence-electron chi connectivity index (χ4n) is 2.58. The number of hydrogen-bond acceptors (Lipinski definition) is 4. The fraction of sp³-hybridized carbons (Fsp3) is 0.500. The van der Waals surface area contributed by atoms with Gasteiger partial charge in [0, 0.05) is 44.7 Å². The van der Waals surface area contributed by atoms with Gasteiger partial charge in [-0.1, -0.05) is 11.6 Å². The second-order valence-corrected chi connectivity index (χ2v) is 7.47. The number of halogens is 1. The number of hydrogen-bond donors (Lipinski definition) is 1. The number of rotatable bonds is 3. The molecular weight excluding hydrogens is 326 g/mol. The van der Waals surface area contributed by atoms with Gasteiger partial charge in [-0.15, -0.1) is 0 Å². The molecule has 0 saturated carbocycles. The highest BCUT2D eigenvalue weighted by Crippen LogP contribution is 2.20. The van der Waals surface area contributed by atoms with E-state index in [2.05, 4.69) is 4.90 Å². The van der Waals surface area contributed by atoms with E-state index >= 15 is 0 Å². The molecule has 0 aliphatic carbocycles. The number of nitrogens with two attached hydrogens (primary N) is 1. The highest BCUT2D eigenvalue weighted by molar-refractivity contribution is 7.89. The number of primary sulfonamides is 1. The monoisotopic (exact) mass is 345 g/mol. The Bertz CT molecular complexity index is 663. The summed E-state index contributed by atoms with van der Waals surface area (Å²) in [4.78, 5) is 15.5. The van der Waals surface area contributed by atoms with Crippen molar-refractivity contribution in [2.24, 2.45) is 5.14 Å². The maximum atomic E-state index is 11.5. The molecule has 0 atom stereocenters. The molecule has 0 unspecified atom stereocenters. The molecule has 122 valence electrons. The Morgan fingerprint density at radius 3 is 2.59 bits per heavy atom. The average Bonchev–Trinajstić information content (AvgIpc) is 2.62. The minimum absolute atomic E-state index is 0.0233. The Hall–Kier alpha value is -1.15. The highest BCUT2D eigenvalue weighted by Gasteiger charge is 2.17. The third kappa shape index (κ3) is 4.67. The van der Waals surface area contributed by atoms with Crippen molar-refractivity contribution in [3.05, 3.63) is 28.8 Å². The van der Waals surface area contributed by atoms with Crippen LogP contribution in [0.15, 0.2) is 23.1 Å². The normalized spacial score (nSPS) is 17.3. The second kappa shape index (κ2) is 6.95. The van der Waals surface area contributed by atoms with Crippen molar-refractivity contribution in [2.45, 2.75) is 24.8 Å². The van der Waals surface area contributed by atoms with Crippen LogP contribution in [0.2, 0.25) is 5.02 Å². The van der Waals surface area contributed by atoms with Crippen LogP contribution in [0, 0.1) is 0 Å². The van der Waals surface area contributed by atoms with Crippen molar-refractivity contribution < 1.29 is 13.2 Å². The van der Waals surface area contributed by atoms with Gasteiger partial charge in [0.25, 0.3) is 0 Å². The molecule has 2 N–H and O–H groups in total. The van der Waals surface area contributed by atoms with Gasteiger partial charge in [-0.2, -0.15) is 0 Å². The van der Waals surface area contributed by atoms with Gasteiger partial charge < -0.3 is 4.90 Å². The van der Waals surface area contributed by atoms with Crippen LogP contribution in [0.4, 0.5) is 0 Å². The third-order valence-electron chi connectivity index (χ3n) is 3.70. The van der Waals surface area contributed by atoms with Crippen LogP contribution < -0.4 is 5.14 Å². The molecule has 0 spiro atoms. The van der Waals surface area contributed by atoms with Crippen molar-refractivity contribution in [2.75, 3.05) is 26.2 Å². The first kappa shape index (κ1) is 17.2. The first-order chi connectivity index (χ1) is 10.3. The summed E-state index contributed by atoms with van der Waals surface area (Å²) in [5.41, 5.74) is 0.799. The number of carbonyl (C=O) groups excluding carboxylic acids is 1. The summed E-state index contributed by atoms with van der Waals surface area (Å²) in [5.74, 6) is 0.0844. The van der Waals surface area contributed by atoms with Crippen molar-refractivity contribution in [3.63, 3.8) is 0 Å². The molecule has 8 heteroatoms. The van der Waals surface area contributed by atoms with E-state index in [1.165, 1.54) is 6.07 Å². The Morgan fingerprint density at radius 1 is 1.23 bits per heavy atom. The van der Waals surface area contributed by atoms with E-state index in [-0.39, 0.29) is 10.8 Å². The Kier molecular flexibility index (Phi) is 5.44. The molecule has 0 bridgehead atoms. The van der Waals surface area contributed by atoms with Gasteiger partial charge in [-0.25, -0.2) is 13.6 Å². The van der Waals surface area contributed by atoms with Gasteiger partial charge in [0.1, 0.15) is 0 Å². The van der Waals surface area contributed by atoms with Gasteiger partial charge in [-0.3, -0.25) is 9.69 Å². The first-order valence-electron chi connectivity index (χ1n) is 7.06. The maximum Gasteiger partial charge on any atom is 0.238 e. The molecule has 1 amide bonds. The van der Waals surface area contributed by atoms with Crippen molar-refractivity contribution in [1.29, 1.82) is 0 Å². The predicted octanol–water partition coefficient (Wildman–Crippen LogP) is 1.04. The molecule has 6 nitrogen and oxygen atoms in total. The molecule has 1 aromatic carbocycles. The zero-order chi connectivity index (χ0) is 16.3. The lowest BCUT2D eigenvalue weighted by molar-refractivity contribution is -0.128. The number of nitrogens with zero attached hydrogens (tertiary/aromatic N) is 2. The van der Waals surface area contributed by atoms with Crippen LogP contribution >= 0.6 is 11.6 Å². The van der Waals surface area contributed by atoms with Gasteiger partial charge in [0.05, 0.1) is 4.90 Å². The van der Waals surface area contributed by atoms with Gasteiger partial charge in [-0.05, 0) is 30.2 Å². The van der Waals surface area contributed by atoms with Crippen LogP contribution in [0.1, 0.15) is 18.9 Å². The van der Waals surface area contributed by atoms with Gasteiger partial charge in [0.2, 0.25) is 15.9 Å². The molecule has 1 fully saturated rings. The van der Waals surface area contributed by atoms with Crippen LogP contribution in [0.3, 0.4) is 0 Å². The molecule has 1 saturated heterocycles. The summed E-state index contributed by atoms with van der Waals surface area (Å²) in [7, 11) is -3.77. The van der Waals surface area contributed by atoms with Crippen LogP contribution in [-0.4, -0.2) is 50.3 Å². The van der Waals surface area contributed by atoms with Crippen LogP contribution in [0.5, 0.6) is 0 Å². The van der Waals surface area contributed by atoms with E-state index in [9.17, 15) is 13.2 Å². The molecule has 0 aromatic heterocycles. The Balaban J connectivity index is 2.11. The van der Waals surface area contributed by atoms with E-state index in [1.807, 2.05) is 4.90 Å². The van der Waals surface area contributed by atoms with Crippen molar-refractivity contribution >= 4 is 27.5 Å². The summed E-state index contributed by atoms with van der Waals surface area (Å²) in [6.45, 7) is 5.18. The Labute approximate surface area is 135 Å². The molecule has 1 aliphatic heterocycles. The van der Waals surface area contributed by atoms with E-state index in [1.54, 1.807) is 19.1 Å². The number of sulfonamides is 1. The minimum atomic E-state index is -3.77. The SMILES string of the molecule is CC(=O)N1CCCN(Cc2cc(Cl)cc(S(N)(=O)=O)c2)CC1. The zero-order valence-electron chi connectivity index (χ0n) is 12.5. The molecule has 2 rings (SSSR count). The molecule has 22 heavy (non-hydrogen) atoms. The van der Waals surface area contributed by atoms with Crippen LogP contribution in [0.25, 0.3) is 0 Å². The fourth-order valence-corrected chi connectivity index (χ4v) is 3.51. The highest BCUT2D eigenvalue weighted by atomic mass is 35.5. The largest absolute Gasteiger partial charge is 0.342 e. The summed E-state index contributed by atoms with van der Waals surface area (Å²) in [5, 5.41) is 5.51. The van der Waals surface area contributed by atoms with E-state index in [0.29, 0.717) is 18.1 Å². The van der Waals surface area contributed by atoms with Gasteiger partial charge in [0.15, 0.2) is 0 Å². The minimum Gasteiger partial charge on any atom is -0.342 e. The predicted molar refractivity (Wildman–Crippen MR) is 85.0 cm³/mol. The zero-order valence-corrected chi connectivity index (χ0v) is 14.0. The van der Waals surface area contributed by atoms with E-state index in [0.717, 1.165) is 31.6 Å². The quantitative estimate of drug-likeness (QED) is 0.887. The molecule has 1 aromatic rings. The number of amides is 1. The standard InChI is InChI=1S/C14H20ClN3O3S/c1-11(19)18-4-2-3-17(5-6-18)10-12-7-13(15)9-14(8-12)22(16,20)21/h7-9H,2-6,10H2,1H3,(H2,16,20,21). The van der Waals surface area contributed by atoms with Crippen molar-refractivity contribution in [1.82, 2.24) is 9.80 Å². The smallest absolute Gasteiger partial charge is 0.238 e. The average molecular weight is 346 g/mol. The van der Waals surface area contributed by atoms with E-state index in [4.69, 9.17) is 16.7 Å². The number of carbonyl (C=O) groups is 1.